The lowest BCUT2D eigenvalue weighted by Crippen LogP contribution is -2.04. The molecule has 0 bridgehead atoms. The number of carbonyl (C=O) groups is 2. The van der Waals surface area contributed by atoms with Crippen molar-refractivity contribution in [2.45, 2.75) is 6.42 Å². The summed E-state index contributed by atoms with van der Waals surface area (Å²) in [5.74, 6) is -0.375. The van der Waals surface area contributed by atoms with Gasteiger partial charge in [-0.05, 0) is 35.9 Å². The van der Waals surface area contributed by atoms with Gasteiger partial charge in [0.05, 0.1) is 30.1 Å². The molecular formula is C18H15N5O4. The van der Waals surface area contributed by atoms with Crippen LogP contribution in [0.1, 0.15) is 15.9 Å². The normalized spacial score (nSPS) is 11.0. The zero-order chi connectivity index (χ0) is 19.0. The van der Waals surface area contributed by atoms with Gasteiger partial charge in [-0.15, -0.1) is 0 Å². The minimum atomic E-state index is -1.00. The number of carboxylic acids is 1. The Morgan fingerprint density at radius 1 is 1.19 bits per heavy atom. The van der Waals surface area contributed by atoms with Gasteiger partial charge in [0.15, 0.2) is 0 Å². The fourth-order valence-electron chi connectivity index (χ4n) is 2.75. The van der Waals surface area contributed by atoms with Crippen molar-refractivity contribution in [2.75, 3.05) is 12.4 Å². The summed E-state index contributed by atoms with van der Waals surface area (Å²) < 4.78 is 6.32. The maximum atomic E-state index is 11.3. The third-order valence-electron chi connectivity index (χ3n) is 4.11. The molecule has 3 N–H and O–H groups in total. The molecule has 2 aromatic carbocycles. The second-order valence-electron chi connectivity index (χ2n) is 5.90. The molecule has 0 aliphatic carbocycles. The van der Waals surface area contributed by atoms with Crippen LogP contribution in [0, 0.1) is 0 Å². The van der Waals surface area contributed by atoms with Crippen LogP contribution >= 0.6 is 0 Å². The Kier molecular flexibility index (Phi) is 3.96. The van der Waals surface area contributed by atoms with Crippen LogP contribution in [0.15, 0.2) is 42.5 Å². The Labute approximate surface area is 152 Å². The van der Waals surface area contributed by atoms with E-state index in [-0.39, 0.29) is 18.0 Å². The molecule has 0 aliphatic heterocycles. The largest absolute Gasteiger partial charge is 0.478 e. The van der Waals surface area contributed by atoms with E-state index in [2.05, 4.69) is 25.1 Å². The van der Waals surface area contributed by atoms with E-state index in [1.807, 2.05) is 24.3 Å². The third kappa shape index (κ3) is 3.17. The Morgan fingerprint density at radius 3 is 2.67 bits per heavy atom. The molecule has 2 aromatic heterocycles. The molecule has 0 saturated heterocycles. The zero-order valence-corrected chi connectivity index (χ0v) is 14.3. The number of benzene rings is 2. The zero-order valence-electron chi connectivity index (χ0n) is 14.3. The SMILES string of the molecule is COC(=O)Cc1ccc(Nc2nc3nc4cc(C(=O)O)ccc4n3[nH]2)cc1. The number of hydrogen-bond acceptors (Lipinski definition) is 6. The van der Waals surface area contributed by atoms with Gasteiger partial charge in [-0.2, -0.15) is 4.98 Å². The smallest absolute Gasteiger partial charge is 0.335 e. The Balaban J connectivity index is 1.57. The standard InChI is InChI=1S/C18H15N5O4/c1-27-15(24)8-10-2-5-12(6-3-10)19-17-21-18-20-13-9-11(16(25)26)4-7-14(13)23(18)22-17/h2-7,9H,8H2,1H3,(H,25,26)(H2,19,20,21,22). The summed E-state index contributed by atoms with van der Waals surface area (Å²) in [5.41, 5.74) is 3.09. The number of fused-ring (bicyclic) bond motifs is 3. The summed E-state index contributed by atoms with van der Waals surface area (Å²) in [4.78, 5) is 31.1. The van der Waals surface area contributed by atoms with Gasteiger partial charge in [0.1, 0.15) is 0 Å². The monoisotopic (exact) mass is 365 g/mol. The predicted octanol–water partition coefficient (Wildman–Crippen LogP) is 2.37. The Hall–Kier alpha value is -3.88. The van der Waals surface area contributed by atoms with Crippen LogP contribution in [0.3, 0.4) is 0 Å². The van der Waals surface area contributed by atoms with Gasteiger partial charge in [0, 0.05) is 5.69 Å². The summed E-state index contributed by atoms with van der Waals surface area (Å²) in [6.07, 6.45) is 0.218. The Morgan fingerprint density at radius 2 is 1.96 bits per heavy atom. The molecule has 4 aromatic rings. The first-order chi connectivity index (χ1) is 13.0. The van der Waals surface area contributed by atoms with Crippen LogP contribution in [0.2, 0.25) is 0 Å². The van der Waals surface area contributed by atoms with Crippen LogP contribution in [-0.2, 0) is 16.0 Å². The molecule has 9 heteroatoms. The molecule has 2 heterocycles. The molecule has 0 saturated carbocycles. The lowest BCUT2D eigenvalue weighted by molar-refractivity contribution is -0.139. The van der Waals surface area contributed by atoms with E-state index < -0.39 is 5.97 Å². The van der Waals surface area contributed by atoms with Gasteiger partial charge < -0.3 is 15.2 Å². The molecule has 0 spiro atoms. The van der Waals surface area contributed by atoms with Crippen LogP contribution in [0.25, 0.3) is 16.8 Å². The van der Waals surface area contributed by atoms with E-state index in [4.69, 9.17) is 5.11 Å². The topological polar surface area (TPSA) is 122 Å². The average Bonchev–Trinajstić information content (AvgIpc) is 3.19. The highest BCUT2D eigenvalue weighted by molar-refractivity contribution is 5.93. The molecule has 0 fully saturated rings. The first-order valence-corrected chi connectivity index (χ1v) is 8.08. The van der Waals surface area contributed by atoms with Crippen LogP contribution in [0.4, 0.5) is 11.6 Å². The lowest BCUT2D eigenvalue weighted by Gasteiger charge is -2.04. The van der Waals surface area contributed by atoms with Gasteiger partial charge in [-0.3, -0.25) is 9.89 Å². The minimum Gasteiger partial charge on any atom is -0.478 e. The molecule has 0 aliphatic rings. The fraction of sp³-hybridized carbons (Fsp3) is 0.111. The fourth-order valence-corrected chi connectivity index (χ4v) is 2.75. The maximum absolute atomic E-state index is 11.3. The number of carbonyl (C=O) groups excluding carboxylic acids is 1. The van der Waals surface area contributed by atoms with E-state index >= 15 is 0 Å². The minimum absolute atomic E-state index is 0.175. The molecule has 4 rings (SSSR count). The highest BCUT2D eigenvalue weighted by Gasteiger charge is 2.12. The van der Waals surface area contributed by atoms with Crippen molar-refractivity contribution in [3.63, 3.8) is 0 Å². The van der Waals surface area contributed by atoms with E-state index in [9.17, 15) is 9.59 Å². The predicted molar refractivity (Wildman–Crippen MR) is 97.2 cm³/mol. The number of rotatable bonds is 5. The highest BCUT2D eigenvalue weighted by atomic mass is 16.5. The van der Waals surface area contributed by atoms with E-state index in [1.54, 1.807) is 10.6 Å². The number of ether oxygens (including phenoxy) is 1. The maximum Gasteiger partial charge on any atom is 0.335 e. The quantitative estimate of drug-likeness (QED) is 0.464. The van der Waals surface area contributed by atoms with Crippen molar-refractivity contribution in [2.24, 2.45) is 0 Å². The molecule has 0 radical (unpaired) electrons. The van der Waals surface area contributed by atoms with Crippen LogP contribution in [0.5, 0.6) is 0 Å². The molecular weight excluding hydrogens is 350 g/mol. The van der Waals surface area contributed by atoms with E-state index in [1.165, 1.54) is 19.2 Å². The second kappa shape index (κ2) is 6.45. The number of imidazole rings is 1. The number of anilines is 2. The number of nitrogens with one attached hydrogen (secondary N) is 2. The summed E-state index contributed by atoms with van der Waals surface area (Å²) in [6.45, 7) is 0. The molecule has 0 amide bonds. The number of nitrogens with zero attached hydrogens (tertiary/aromatic N) is 3. The van der Waals surface area contributed by atoms with Gasteiger partial charge >= 0.3 is 11.9 Å². The number of aromatic amines is 1. The molecule has 0 atom stereocenters. The molecule has 27 heavy (non-hydrogen) atoms. The molecule has 9 nitrogen and oxygen atoms in total. The lowest BCUT2D eigenvalue weighted by atomic mass is 10.1. The van der Waals surface area contributed by atoms with Gasteiger partial charge in [-0.1, -0.05) is 12.1 Å². The van der Waals surface area contributed by atoms with Crippen molar-refractivity contribution >= 4 is 40.4 Å². The van der Waals surface area contributed by atoms with Crippen LogP contribution in [-0.4, -0.2) is 43.7 Å². The van der Waals surface area contributed by atoms with Crippen molar-refractivity contribution in [3.8, 4) is 0 Å². The number of methoxy groups -OCH3 is 1. The van der Waals surface area contributed by atoms with Crippen molar-refractivity contribution in [3.05, 3.63) is 53.6 Å². The van der Waals surface area contributed by atoms with Crippen molar-refractivity contribution in [1.82, 2.24) is 19.6 Å². The number of aromatic carboxylic acids is 1. The van der Waals surface area contributed by atoms with Crippen molar-refractivity contribution in [1.29, 1.82) is 0 Å². The highest BCUT2D eigenvalue weighted by Crippen LogP contribution is 2.20. The van der Waals surface area contributed by atoms with E-state index in [0.29, 0.717) is 17.2 Å². The Bertz CT molecular complexity index is 1160. The van der Waals surface area contributed by atoms with Gasteiger partial charge in [0.25, 0.3) is 5.78 Å². The van der Waals surface area contributed by atoms with Gasteiger partial charge in [-0.25, -0.2) is 14.3 Å². The number of esters is 1. The third-order valence-corrected chi connectivity index (χ3v) is 4.11. The first-order valence-electron chi connectivity index (χ1n) is 8.08. The second-order valence-corrected chi connectivity index (χ2v) is 5.90. The summed E-state index contributed by atoms with van der Waals surface area (Å²) in [7, 11) is 1.36. The van der Waals surface area contributed by atoms with Crippen LogP contribution < -0.4 is 5.32 Å². The summed E-state index contributed by atoms with van der Waals surface area (Å²) >= 11 is 0. The van der Waals surface area contributed by atoms with E-state index in [0.717, 1.165) is 16.8 Å². The summed E-state index contributed by atoms with van der Waals surface area (Å²) in [6, 6.07) is 12.0. The molecule has 0 unspecified atom stereocenters. The average molecular weight is 365 g/mol. The molecule has 136 valence electrons. The number of aromatic nitrogens is 4. The van der Waals surface area contributed by atoms with Crippen molar-refractivity contribution < 1.29 is 19.4 Å². The first kappa shape index (κ1) is 16.6. The number of hydrogen-bond donors (Lipinski definition) is 3. The number of H-pyrrole nitrogens is 1. The van der Waals surface area contributed by atoms with Gasteiger partial charge in [0.2, 0.25) is 5.95 Å². The number of carboxylic acid groups (broad SMARTS) is 1. The summed E-state index contributed by atoms with van der Waals surface area (Å²) in [5, 5.41) is 15.3.